The normalized spacial score (nSPS) is 15.7. The minimum absolute atomic E-state index is 0.0711. The van der Waals surface area contributed by atoms with Crippen molar-refractivity contribution in [2.45, 2.75) is 39.7 Å². The van der Waals surface area contributed by atoms with E-state index in [2.05, 4.69) is 15.5 Å². The van der Waals surface area contributed by atoms with Crippen molar-refractivity contribution < 1.29 is 9.32 Å². The molecule has 0 bridgehead atoms. The molecule has 122 valence electrons. The van der Waals surface area contributed by atoms with Crippen molar-refractivity contribution in [3.8, 4) is 11.4 Å². The molecule has 1 aliphatic carbocycles. The maximum absolute atomic E-state index is 12.0. The van der Waals surface area contributed by atoms with Gasteiger partial charge in [0.2, 0.25) is 17.6 Å². The summed E-state index contributed by atoms with van der Waals surface area (Å²) in [6, 6.07) is 5.37. The summed E-state index contributed by atoms with van der Waals surface area (Å²) in [5.74, 6) is 1.29. The molecule has 0 aliphatic heterocycles. The molecule has 23 heavy (non-hydrogen) atoms. The van der Waals surface area contributed by atoms with Gasteiger partial charge in [0.1, 0.15) is 6.04 Å². The molecule has 1 N–H and O–H groups in total. The van der Waals surface area contributed by atoms with Crippen LogP contribution in [0.4, 0.5) is 0 Å². The van der Waals surface area contributed by atoms with Crippen LogP contribution in [0.3, 0.4) is 0 Å². The molecule has 1 saturated carbocycles. The quantitative estimate of drug-likeness (QED) is 0.900. The number of hydrogen-bond donors (Lipinski definition) is 1. The van der Waals surface area contributed by atoms with Gasteiger partial charge in [0.15, 0.2) is 0 Å². The first kappa shape index (κ1) is 16.0. The van der Waals surface area contributed by atoms with Gasteiger partial charge in [-0.3, -0.25) is 4.79 Å². The van der Waals surface area contributed by atoms with Crippen LogP contribution >= 0.6 is 11.6 Å². The minimum Gasteiger partial charge on any atom is -0.344 e. The topological polar surface area (TPSA) is 68.0 Å². The Morgan fingerprint density at radius 1 is 1.39 bits per heavy atom. The first-order chi connectivity index (χ1) is 11.0. The summed E-state index contributed by atoms with van der Waals surface area (Å²) in [6.45, 7) is 5.98. The van der Waals surface area contributed by atoms with Crippen molar-refractivity contribution in [3.05, 3.63) is 34.7 Å². The molecule has 0 saturated heterocycles. The molecule has 1 fully saturated rings. The van der Waals surface area contributed by atoms with Gasteiger partial charge in [-0.15, -0.1) is 0 Å². The molecule has 1 amide bonds. The molecular formula is C17H20ClN3O2. The van der Waals surface area contributed by atoms with Gasteiger partial charge in [-0.2, -0.15) is 4.98 Å². The van der Waals surface area contributed by atoms with E-state index in [1.807, 2.05) is 39.0 Å². The lowest BCUT2D eigenvalue weighted by atomic mass is 10.0. The number of benzene rings is 1. The number of aryl methyl sites for hydroxylation is 1. The summed E-state index contributed by atoms with van der Waals surface area (Å²) >= 11 is 6.15. The van der Waals surface area contributed by atoms with Gasteiger partial charge in [0, 0.05) is 16.5 Å². The Hall–Kier alpha value is -1.88. The molecule has 1 heterocycles. The largest absolute Gasteiger partial charge is 0.344 e. The van der Waals surface area contributed by atoms with Crippen LogP contribution < -0.4 is 5.32 Å². The fraction of sp³-hybridized carbons (Fsp3) is 0.471. The Morgan fingerprint density at radius 3 is 2.74 bits per heavy atom. The number of nitrogens with zero attached hydrogens (tertiary/aromatic N) is 2. The van der Waals surface area contributed by atoms with E-state index in [4.69, 9.17) is 16.1 Å². The third-order valence-electron chi connectivity index (χ3n) is 4.05. The summed E-state index contributed by atoms with van der Waals surface area (Å²) < 4.78 is 5.39. The number of amides is 1. The summed E-state index contributed by atoms with van der Waals surface area (Å²) in [5, 5.41) is 7.71. The summed E-state index contributed by atoms with van der Waals surface area (Å²) in [4.78, 5) is 16.5. The molecule has 1 aliphatic rings. The Bertz CT molecular complexity index is 722. The molecule has 1 aromatic carbocycles. The first-order valence-corrected chi connectivity index (χ1v) is 8.24. The zero-order valence-electron chi connectivity index (χ0n) is 13.5. The van der Waals surface area contributed by atoms with E-state index in [-0.39, 0.29) is 23.8 Å². The SMILES string of the molecule is Cc1ccc(-c2noc([C@@H](NC(=O)C3CC3)C(C)C)n2)cc1Cl. The van der Waals surface area contributed by atoms with Crippen molar-refractivity contribution in [2.24, 2.45) is 11.8 Å². The van der Waals surface area contributed by atoms with E-state index in [1.165, 1.54) is 0 Å². The van der Waals surface area contributed by atoms with Crippen LogP contribution in [0.5, 0.6) is 0 Å². The first-order valence-electron chi connectivity index (χ1n) is 7.86. The van der Waals surface area contributed by atoms with Crippen molar-refractivity contribution in [1.82, 2.24) is 15.5 Å². The third kappa shape index (κ3) is 3.55. The Kier molecular flexibility index (Phi) is 4.39. The Labute approximate surface area is 140 Å². The lowest BCUT2D eigenvalue weighted by Gasteiger charge is -2.18. The fourth-order valence-corrected chi connectivity index (χ4v) is 2.52. The Balaban J connectivity index is 1.82. The second-order valence-corrected chi connectivity index (χ2v) is 6.83. The zero-order valence-corrected chi connectivity index (χ0v) is 14.2. The van der Waals surface area contributed by atoms with Crippen molar-refractivity contribution in [3.63, 3.8) is 0 Å². The molecule has 0 radical (unpaired) electrons. The molecule has 5 nitrogen and oxygen atoms in total. The monoisotopic (exact) mass is 333 g/mol. The predicted octanol–water partition coefficient (Wildman–Crippen LogP) is 3.92. The number of nitrogens with one attached hydrogen (secondary N) is 1. The van der Waals surface area contributed by atoms with Crippen LogP contribution in [0.25, 0.3) is 11.4 Å². The zero-order chi connectivity index (χ0) is 16.6. The maximum atomic E-state index is 12.0. The number of rotatable bonds is 5. The number of hydrogen-bond acceptors (Lipinski definition) is 4. The minimum atomic E-state index is -0.273. The average Bonchev–Trinajstić information content (AvgIpc) is 3.25. The van der Waals surface area contributed by atoms with Gasteiger partial charge >= 0.3 is 0 Å². The standard InChI is InChI=1S/C17H20ClN3O2/c1-9(2)14(19-16(22)11-6-7-11)17-20-15(21-23-17)12-5-4-10(3)13(18)8-12/h4-5,8-9,11,14H,6-7H2,1-3H3,(H,19,22)/t14-/m0/s1. The van der Waals surface area contributed by atoms with E-state index < -0.39 is 0 Å². The number of aromatic nitrogens is 2. The highest BCUT2D eigenvalue weighted by Crippen LogP contribution is 2.31. The molecule has 2 aromatic rings. The van der Waals surface area contributed by atoms with E-state index >= 15 is 0 Å². The number of carbonyl (C=O) groups excluding carboxylic acids is 1. The highest BCUT2D eigenvalue weighted by Gasteiger charge is 2.33. The Morgan fingerprint density at radius 2 is 2.13 bits per heavy atom. The van der Waals surface area contributed by atoms with Crippen LogP contribution in [0.2, 0.25) is 5.02 Å². The second-order valence-electron chi connectivity index (χ2n) is 6.42. The van der Waals surface area contributed by atoms with Crippen LogP contribution in [0.15, 0.2) is 22.7 Å². The van der Waals surface area contributed by atoms with Crippen molar-refractivity contribution in [1.29, 1.82) is 0 Å². The third-order valence-corrected chi connectivity index (χ3v) is 4.46. The molecule has 1 atom stereocenters. The van der Waals surface area contributed by atoms with Crippen LogP contribution in [0, 0.1) is 18.8 Å². The lowest BCUT2D eigenvalue weighted by molar-refractivity contribution is -0.123. The van der Waals surface area contributed by atoms with Crippen molar-refractivity contribution in [2.75, 3.05) is 0 Å². The molecule has 6 heteroatoms. The highest BCUT2D eigenvalue weighted by atomic mass is 35.5. The van der Waals surface area contributed by atoms with Gasteiger partial charge in [-0.25, -0.2) is 0 Å². The van der Waals surface area contributed by atoms with E-state index in [9.17, 15) is 4.79 Å². The van der Waals surface area contributed by atoms with Gasteiger partial charge in [-0.1, -0.05) is 42.7 Å². The van der Waals surface area contributed by atoms with Gasteiger partial charge in [-0.05, 0) is 37.3 Å². The molecule has 0 unspecified atom stereocenters. The van der Waals surface area contributed by atoms with Crippen LogP contribution in [-0.4, -0.2) is 16.0 Å². The van der Waals surface area contributed by atoms with Gasteiger partial charge in [0.05, 0.1) is 0 Å². The van der Waals surface area contributed by atoms with Crippen LogP contribution in [-0.2, 0) is 4.79 Å². The van der Waals surface area contributed by atoms with E-state index in [1.54, 1.807) is 0 Å². The molecular weight excluding hydrogens is 314 g/mol. The smallest absolute Gasteiger partial charge is 0.249 e. The molecule has 3 rings (SSSR count). The number of carbonyl (C=O) groups is 1. The van der Waals surface area contributed by atoms with Gasteiger partial charge in [0.25, 0.3) is 0 Å². The summed E-state index contributed by atoms with van der Waals surface area (Å²) in [7, 11) is 0. The number of halogens is 1. The maximum Gasteiger partial charge on any atom is 0.249 e. The fourth-order valence-electron chi connectivity index (χ4n) is 2.34. The average molecular weight is 334 g/mol. The summed E-state index contributed by atoms with van der Waals surface area (Å²) in [5.41, 5.74) is 1.79. The lowest BCUT2D eigenvalue weighted by Crippen LogP contribution is -2.33. The van der Waals surface area contributed by atoms with Gasteiger partial charge < -0.3 is 9.84 Å². The molecule has 1 aromatic heterocycles. The summed E-state index contributed by atoms with van der Waals surface area (Å²) in [6.07, 6.45) is 1.93. The van der Waals surface area contributed by atoms with Crippen molar-refractivity contribution >= 4 is 17.5 Å². The van der Waals surface area contributed by atoms with Crippen LogP contribution in [0.1, 0.15) is 44.2 Å². The molecule has 0 spiro atoms. The van der Waals surface area contributed by atoms with E-state index in [0.29, 0.717) is 16.7 Å². The highest BCUT2D eigenvalue weighted by molar-refractivity contribution is 6.31. The van der Waals surface area contributed by atoms with E-state index in [0.717, 1.165) is 24.0 Å². The second kappa shape index (κ2) is 6.32. The predicted molar refractivity (Wildman–Crippen MR) is 87.9 cm³/mol.